The summed E-state index contributed by atoms with van der Waals surface area (Å²) in [5.74, 6) is 1.39. The van der Waals surface area contributed by atoms with Crippen LogP contribution < -0.4 is 11.1 Å². The standard InChI is InChI=1S/C12H18N2/c1-9-5-6-14-8-12(9)10-3-2-4-11(13)7-10/h2-4,7,9,12,14H,5-6,8,13H2,1H3. The summed E-state index contributed by atoms with van der Waals surface area (Å²) in [5, 5.41) is 3.44. The number of nitrogens with two attached hydrogens (primary N) is 1. The van der Waals surface area contributed by atoms with Crippen LogP contribution in [0.1, 0.15) is 24.8 Å². The molecule has 1 aromatic carbocycles. The van der Waals surface area contributed by atoms with Crippen molar-refractivity contribution in [3.05, 3.63) is 29.8 Å². The number of benzene rings is 1. The summed E-state index contributed by atoms with van der Waals surface area (Å²) in [7, 11) is 0. The Balaban J connectivity index is 2.20. The van der Waals surface area contributed by atoms with E-state index in [0.29, 0.717) is 5.92 Å². The van der Waals surface area contributed by atoms with Crippen molar-refractivity contribution < 1.29 is 0 Å². The first-order valence-electron chi connectivity index (χ1n) is 5.33. The SMILES string of the molecule is CC1CCNCC1c1cccc(N)c1. The van der Waals surface area contributed by atoms with Gasteiger partial charge in [0.25, 0.3) is 0 Å². The van der Waals surface area contributed by atoms with Crippen LogP contribution in [0.25, 0.3) is 0 Å². The molecular weight excluding hydrogens is 172 g/mol. The van der Waals surface area contributed by atoms with Gasteiger partial charge in [-0.25, -0.2) is 0 Å². The van der Waals surface area contributed by atoms with Crippen molar-refractivity contribution in [2.75, 3.05) is 18.8 Å². The molecule has 0 aliphatic carbocycles. The van der Waals surface area contributed by atoms with Gasteiger partial charge in [0, 0.05) is 12.2 Å². The van der Waals surface area contributed by atoms with E-state index in [1.807, 2.05) is 12.1 Å². The number of anilines is 1. The predicted molar refractivity (Wildman–Crippen MR) is 60.2 cm³/mol. The van der Waals surface area contributed by atoms with Gasteiger partial charge in [0.1, 0.15) is 0 Å². The molecule has 0 radical (unpaired) electrons. The number of hydrogen-bond donors (Lipinski definition) is 2. The molecule has 1 fully saturated rings. The summed E-state index contributed by atoms with van der Waals surface area (Å²) < 4.78 is 0. The third-order valence-corrected chi connectivity index (χ3v) is 3.17. The van der Waals surface area contributed by atoms with Crippen LogP contribution in [0.2, 0.25) is 0 Å². The molecule has 2 heteroatoms. The molecule has 0 spiro atoms. The van der Waals surface area contributed by atoms with Gasteiger partial charge >= 0.3 is 0 Å². The lowest BCUT2D eigenvalue weighted by atomic mass is 9.83. The summed E-state index contributed by atoms with van der Waals surface area (Å²) in [4.78, 5) is 0. The van der Waals surface area contributed by atoms with E-state index in [1.165, 1.54) is 12.0 Å². The lowest BCUT2D eigenvalue weighted by Gasteiger charge is -2.30. The summed E-state index contributed by atoms with van der Waals surface area (Å²) >= 11 is 0. The van der Waals surface area contributed by atoms with E-state index in [0.717, 1.165) is 24.7 Å². The Labute approximate surface area is 85.5 Å². The maximum atomic E-state index is 5.79. The molecule has 2 unspecified atom stereocenters. The largest absolute Gasteiger partial charge is 0.399 e. The highest BCUT2D eigenvalue weighted by Crippen LogP contribution is 2.29. The maximum absolute atomic E-state index is 5.79. The van der Waals surface area contributed by atoms with Crippen LogP contribution in [0.4, 0.5) is 5.69 Å². The molecule has 0 amide bonds. The monoisotopic (exact) mass is 190 g/mol. The Morgan fingerprint density at radius 3 is 3.00 bits per heavy atom. The number of nitrogens with one attached hydrogen (secondary N) is 1. The summed E-state index contributed by atoms with van der Waals surface area (Å²) in [6, 6.07) is 8.29. The fraction of sp³-hybridized carbons (Fsp3) is 0.500. The predicted octanol–water partition coefficient (Wildman–Crippen LogP) is 1.98. The van der Waals surface area contributed by atoms with E-state index in [-0.39, 0.29) is 0 Å². The highest BCUT2D eigenvalue weighted by atomic mass is 14.9. The van der Waals surface area contributed by atoms with E-state index in [2.05, 4.69) is 24.4 Å². The van der Waals surface area contributed by atoms with Gasteiger partial charge in [-0.15, -0.1) is 0 Å². The van der Waals surface area contributed by atoms with E-state index < -0.39 is 0 Å². The van der Waals surface area contributed by atoms with Crippen molar-refractivity contribution >= 4 is 5.69 Å². The van der Waals surface area contributed by atoms with Crippen LogP contribution in [0.5, 0.6) is 0 Å². The molecule has 0 aromatic heterocycles. The molecule has 2 rings (SSSR count). The van der Waals surface area contributed by atoms with Gasteiger partial charge < -0.3 is 11.1 Å². The minimum Gasteiger partial charge on any atom is -0.399 e. The van der Waals surface area contributed by atoms with Crippen LogP contribution in [0.3, 0.4) is 0 Å². The Bertz CT molecular complexity index is 309. The zero-order valence-electron chi connectivity index (χ0n) is 8.66. The van der Waals surface area contributed by atoms with Crippen molar-refractivity contribution in [1.29, 1.82) is 0 Å². The van der Waals surface area contributed by atoms with Crippen molar-refractivity contribution in [3.63, 3.8) is 0 Å². The Hall–Kier alpha value is -1.02. The van der Waals surface area contributed by atoms with Crippen LogP contribution >= 0.6 is 0 Å². The zero-order valence-corrected chi connectivity index (χ0v) is 8.66. The van der Waals surface area contributed by atoms with Gasteiger partial charge in [-0.05, 0) is 42.5 Å². The zero-order chi connectivity index (χ0) is 9.97. The van der Waals surface area contributed by atoms with E-state index in [9.17, 15) is 0 Å². The number of nitrogen functional groups attached to an aromatic ring is 1. The van der Waals surface area contributed by atoms with Gasteiger partial charge in [-0.1, -0.05) is 19.1 Å². The maximum Gasteiger partial charge on any atom is 0.0316 e. The molecule has 14 heavy (non-hydrogen) atoms. The number of hydrogen-bond acceptors (Lipinski definition) is 2. The summed E-state index contributed by atoms with van der Waals surface area (Å²) in [6.07, 6.45) is 1.26. The molecular formula is C12H18N2. The number of rotatable bonds is 1. The van der Waals surface area contributed by atoms with E-state index in [4.69, 9.17) is 5.73 Å². The molecule has 1 aliphatic heterocycles. The second-order valence-electron chi connectivity index (χ2n) is 4.25. The molecule has 1 heterocycles. The number of piperidine rings is 1. The molecule has 2 atom stereocenters. The van der Waals surface area contributed by atoms with E-state index in [1.54, 1.807) is 0 Å². The van der Waals surface area contributed by atoms with Gasteiger partial charge in [-0.2, -0.15) is 0 Å². The lowest BCUT2D eigenvalue weighted by molar-refractivity contribution is 0.348. The molecule has 0 bridgehead atoms. The first-order valence-corrected chi connectivity index (χ1v) is 5.33. The molecule has 3 N–H and O–H groups in total. The van der Waals surface area contributed by atoms with Crippen LogP contribution in [-0.4, -0.2) is 13.1 Å². The van der Waals surface area contributed by atoms with Gasteiger partial charge in [0.05, 0.1) is 0 Å². The van der Waals surface area contributed by atoms with Crippen LogP contribution in [0, 0.1) is 5.92 Å². The quantitative estimate of drug-likeness (QED) is 0.665. The van der Waals surface area contributed by atoms with Gasteiger partial charge in [0.15, 0.2) is 0 Å². The molecule has 76 valence electrons. The fourth-order valence-corrected chi connectivity index (χ4v) is 2.23. The van der Waals surface area contributed by atoms with Crippen molar-refractivity contribution in [3.8, 4) is 0 Å². The minimum atomic E-state index is 0.632. The van der Waals surface area contributed by atoms with Crippen LogP contribution in [0.15, 0.2) is 24.3 Å². The summed E-state index contributed by atoms with van der Waals surface area (Å²) in [6.45, 7) is 4.57. The van der Waals surface area contributed by atoms with Gasteiger partial charge in [-0.3, -0.25) is 0 Å². The third-order valence-electron chi connectivity index (χ3n) is 3.17. The average molecular weight is 190 g/mol. The average Bonchev–Trinajstić information content (AvgIpc) is 2.18. The fourth-order valence-electron chi connectivity index (χ4n) is 2.23. The van der Waals surface area contributed by atoms with Gasteiger partial charge in [0.2, 0.25) is 0 Å². The Morgan fingerprint density at radius 1 is 1.43 bits per heavy atom. The molecule has 0 saturated carbocycles. The molecule has 1 aromatic rings. The molecule has 1 saturated heterocycles. The Kier molecular flexibility index (Phi) is 2.73. The second kappa shape index (κ2) is 4.01. The molecule has 1 aliphatic rings. The van der Waals surface area contributed by atoms with Crippen molar-refractivity contribution in [2.45, 2.75) is 19.3 Å². The highest BCUT2D eigenvalue weighted by Gasteiger charge is 2.22. The molecule has 2 nitrogen and oxygen atoms in total. The first kappa shape index (κ1) is 9.53. The van der Waals surface area contributed by atoms with Crippen molar-refractivity contribution in [2.24, 2.45) is 5.92 Å². The Morgan fingerprint density at radius 2 is 2.29 bits per heavy atom. The lowest BCUT2D eigenvalue weighted by Crippen LogP contribution is -2.33. The normalized spacial score (nSPS) is 27.5. The second-order valence-corrected chi connectivity index (χ2v) is 4.25. The van der Waals surface area contributed by atoms with E-state index >= 15 is 0 Å². The topological polar surface area (TPSA) is 38.0 Å². The highest BCUT2D eigenvalue weighted by molar-refractivity contribution is 5.42. The summed E-state index contributed by atoms with van der Waals surface area (Å²) in [5.41, 5.74) is 8.04. The minimum absolute atomic E-state index is 0.632. The first-order chi connectivity index (χ1) is 6.77. The van der Waals surface area contributed by atoms with Crippen LogP contribution in [-0.2, 0) is 0 Å². The third kappa shape index (κ3) is 1.90. The van der Waals surface area contributed by atoms with Crippen molar-refractivity contribution in [1.82, 2.24) is 5.32 Å². The smallest absolute Gasteiger partial charge is 0.0316 e.